The maximum Gasteiger partial charge on any atom is 0.328 e. The average molecular weight is 265 g/mol. The number of ketones is 1. The van der Waals surface area contributed by atoms with Gasteiger partial charge in [-0.25, -0.2) is 4.79 Å². The molecule has 1 atom stereocenters. The number of rotatable bonds is 3. The van der Waals surface area contributed by atoms with Gasteiger partial charge in [-0.3, -0.25) is 4.79 Å². The fourth-order valence-corrected chi connectivity index (χ4v) is 2.36. The van der Waals surface area contributed by atoms with Gasteiger partial charge >= 0.3 is 5.97 Å². The standard InChI is InChI=1S/C15H20O4/c1-10(7-13(17)18)5-6-15(19)11(2)8-12(16)9-14(15,3)4/h5-8,19H,9H2,1-4H3,(H,17,18)/b6-5+,10-7-/i7+1. The van der Waals surface area contributed by atoms with Gasteiger partial charge in [0.1, 0.15) is 5.60 Å². The minimum atomic E-state index is -1.24. The predicted molar refractivity (Wildman–Crippen MR) is 72.6 cm³/mol. The minimum Gasteiger partial charge on any atom is -0.478 e. The Morgan fingerprint density at radius 1 is 1.42 bits per heavy atom. The van der Waals surface area contributed by atoms with Crippen LogP contribution in [0.1, 0.15) is 34.1 Å². The number of carbonyl (C=O) groups excluding carboxylic acids is 1. The summed E-state index contributed by atoms with van der Waals surface area (Å²) in [5.74, 6) is -1.03. The lowest BCUT2D eigenvalue weighted by atomic mass is 9.64. The quantitative estimate of drug-likeness (QED) is 0.466. The SMILES string of the molecule is CC1=CC(=O)CC(C)(C)C1(O)/C=C/C(C)=[13CH]\C(=O)O. The summed E-state index contributed by atoms with van der Waals surface area (Å²) in [5.41, 5.74) is -0.758. The number of carbonyl (C=O) groups is 2. The van der Waals surface area contributed by atoms with Crippen molar-refractivity contribution in [2.24, 2.45) is 5.41 Å². The summed E-state index contributed by atoms with van der Waals surface area (Å²) in [6.07, 6.45) is 5.92. The van der Waals surface area contributed by atoms with E-state index >= 15 is 0 Å². The summed E-state index contributed by atoms with van der Waals surface area (Å²) >= 11 is 0. The summed E-state index contributed by atoms with van der Waals surface area (Å²) in [7, 11) is 0. The van der Waals surface area contributed by atoms with E-state index in [1.165, 1.54) is 6.08 Å². The molecular formula is C15H20O4. The van der Waals surface area contributed by atoms with Crippen molar-refractivity contribution >= 4 is 11.8 Å². The number of carboxylic acids is 1. The maximum atomic E-state index is 11.6. The van der Waals surface area contributed by atoms with Crippen molar-refractivity contribution < 1.29 is 19.8 Å². The summed E-state index contributed by atoms with van der Waals surface area (Å²) in [4.78, 5) is 22.1. The molecule has 0 heterocycles. The second kappa shape index (κ2) is 5.13. The van der Waals surface area contributed by atoms with Gasteiger partial charge in [-0.2, -0.15) is 0 Å². The van der Waals surface area contributed by atoms with Gasteiger partial charge in [-0.15, -0.1) is 0 Å². The molecule has 0 aromatic carbocycles. The van der Waals surface area contributed by atoms with E-state index in [4.69, 9.17) is 5.11 Å². The molecule has 1 aliphatic carbocycles. The van der Waals surface area contributed by atoms with Crippen molar-refractivity contribution in [3.05, 3.63) is 35.5 Å². The van der Waals surface area contributed by atoms with Crippen LogP contribution in [0.5, 0.6) is 0 Å². The summed E-state index contributed by atoms with van der Waals surface area (Å²) in [5, 5.41) is 19.4. The van der Waals surface area contributed by atoms with Crippen molar-refractivity contribution in [3.8, 4) is 0 Å². The van der Waals surface area contributed by atoms with Crippen LogP contribution >= 0.6 is 0 Å². The van der Waals surface area contributed by atoms with Crippen LogP contribution in [-0.2, 0) is 9.59 Å². The zero-order chi connectivity index (χ0) is 14.8. The van der Waals surface area contributed by atoms with Gasteiger partial charge in [0.25, 0.3) is 0 Å². The largest absolute Gasteiger partial charge is 0.478 e. The molecule has 0 saturated carbocycles. The smallest absolute Gasteiger partial charge is 0.328 e. The lowest BCUT2D eigenvalue weighted by molar-refractivity contribution is -0.131. The van der Waals surface area contributed by atoms with E-state index in [1.807, 2.05) is 13.8 Å². The molecule has 1 unspecified atom stereocenters. The number of aliphatic hydroxyl groups is 1. The second-order valence-electron chi connectivity index (χ2n) is 5.68. The first-order valence-electron chi connectivity index (χ1n) is 6.13. The molecule has 0 aromatic heterocycles. The highest BCUT2D eigenvalue weighted by Crippen LogP contribution is 2.44. The van der Waals surface area contributed by atoms with Crippen LogP contribution in [0.4, 0.5) is 0 Å². The molecule has 0 saturated heterocycles. The van der Waals surface area contributed by atoms with Crippen LogP contribution in [0.15, 0.2) is 35.5 Å². The van der Waals surface area contributed by atoms with E-state index in [-0.39, 0.29) is 12.2 Å². The minimum absolute atomic E-state index is 0.00150. The van der Waals surface area contributed by atoms with E-state index in [9.17, 15) is 14.7 Å². The zero-order valence-electron chi connectivity index (χ0n) is 11.7. The third-order valence-electron chi connectivity index (χ3n) is 3.57. The van der Waals surface area contributed by atoms with Crippen molar-refractivity contribution in [3.63, 3.8) is 0 Å². The van der Waals surface area contributed by atoms with Crippen LogP contribution in [0.2, 0.25) is 0 Å². The highest BCUT2D eigenvalue weighted by atomic mass is 16.4. The molecule has 19 heavy (non-hydrogen) atoms. The van der Waals surface area contributed by atoms with Gasteiger partial charge in [0.2, 0.25) is 0 Å². The predicted octanol–water partition coefficient (Wildman–Crippen LogP) is 2.25. The average Bonchev–Trinajstić information content (AvgIpc) is 2.21. The molecule has 4 heteroatoms. The van der Waals surface area contributed by atoms with Crippen molar-refractivity contribution in [1.29, 1.82) is 0 Å². The molecule has 0 aliphatic heterocycles. The van der Waals surface area contributed by atoms with E-state index in [0.717, 1.165) is 6.08 Å². The molecule has 4 nitrogen and oxygen atoms in total. The van der Waals surface area contributed by atoms with E-state index in [0.29, 0.717) is 11.1 Å². The summed E-state index contributed by atoms with van der Waals surface area (Å²) < 4.78 is 0. The van der Waals surface area contributed by atoms with Gasteiger partial charge < -0.3 is 10.2 Å². The van der Waals surface area contributed by atoms with Crippen LogP contribution < -0.4 is 0 Å². The zero-order valence-corrected chi connectivity index (χ0v) is 11.7. The monoisotopic (exact) mass is 265 g/mol. The summed E-state index contributed by atoms with van der Waals surface area (Å²) in [6, 6.07) is 0. The van der Waals surface area contributed by atoms with E-state index < -0.39 is 17.0 Å². The summed E-state index contributed by atoms with van der Waals surface area (Å²) in [6.45, 7) is 7.00. The van der Waals surface area contributed by atoms with Gasteiger partial charge in [-0.1, -0.05) is 19.9 Å². The number of aliphatic carboxylic acids is 1. The number of hydrogen-bond donors (Lipinski definition) is 2. The number of hydrogen-bond acceptors (Lipinski definition) is 3. The molecule has 0 radical (unpaired) electrons. The Hall–Kier alpha value is -1.68. The fourth-order valence-electron chi connectivity index (χ4n) is 2.36. The number of carboxylic acid groups (broad SMARTS) is 1. The van der Waals surface area contributed by atoms with Gasteiger partial charge in [0.05, 0.1) is 0 Å². The molecular weight excluding hydrogens is 245 g/mol. The van der Waals surface area contributed by atoms with Crippen LogP contribution in [0.3, 0.4) is 0 Å². The van der Waals surface area contributed by atoms with Crippen LogP contribution in [0.25, 0.3) is 0 Å². The normalized spacial score (nSPS) is 27.5. The van der Waals surface area contributed by atoms with E-state index in [1.54, 1.807) is 26.0 Å². The third kappa shape index (κ3) is 3.20. The van der Waals surface area contributed by atoms with Gasteiger partial charge in [0, 0.05) is 17.9 Å². The topological polar surface area (TPSA) is 74.6 Å². The molecule has 0 amide bonds. The highest BCUT2D eigenvalue weighted by Gasteiger charge is 2.46. The first-order valence-corrected chi connectivity index (χ1v) is 6.13. The molecule has 0 spiro atoms. The Kier molecular flexibility index (Phi) is 4.15. The lowest BCUT2D eigenvalue weighted by Gasteiger charge is -2.43. The van der Waals surface area contributed by atoms with Gasteiger partial charge in [0.15, 0.2) is 5.78 Å². The van der Waals surface area contributed by atoms with Gasteiger partial charge in [-0.05, 0) is 37.1 Å². The van der Waals surface area contributed by atoms with Crippen molar-refractivity contribution in [2.45, 2.75) is 39.7 Å². The Labute approximate surface area is 113 Å². The second-order valence-corrected chi connectivity index (χ2v) is 5.68. The molecule has 1 rings (SSSR count). The van der Waals surface area contributed by atoms with Crippen LogP contribution in [-0.4, -0.2) is 27.6 Å². The lowest BCUT2D eigenvalue weighted by Crippen LogP contribution is -2.48. The Morgan fingerprint density at radius 2 is 2.00 bits per heavy atom. The molecule has 1 aliphatic rings. The van der Waals surface area contributed by atoms with Crippen molar-refractivity contribution in [1.82, 2.24) is 0 Å². The third-order valence-corrected chi connectivity index (χ3v) is 3.57. The van der Waals surface area contributed by atoms with E-state index in [2.05, 4.69) is 0 Å². The molecule has 2 N–H and O–H groups in total. The number of allylic oxidation sites excluding steroid dienone is 3. The molecule has 0 fully saturated rings. The van der Waals surface area contributed by atoms with Crippen molar-refractivity contribution in [2.75, 3.05) is 0 Å². The Bertz CT molecular complexity index is 494. The highest BCUT2D eigenvalue weighted by molar-refractivity contribution is 5.92. The fraction of sp³-hybridized carbons (Fsp3) is 0.467. The molecule has 104 valence electrons. The first kappa shape index (κ1) is 15.4. The van der Waals surface area contributed by atoms with Crippen LogP contribution in [0, 0.1) is 5.41 Å². The maximum absolute atomic E-state index is 11.6. The molecule has 0 bridgehead atoms. The Balaban J connectivity index is 3.15. The first-order chi connectivity index (χ1) is 8.58. The Morgan fingerprint density at radius 3 is 2.47 bits per heavy atom. The molecule has 0 aromatic rings.